The van der Waals surface area contributed by atoms with Crippen LogP contribution in [0.3, 0.4) is 0 Å². The van der Waals surface area contributed by atoms with Crippen LogP contribution >= 0.6 is 0 Å². The average Bonchev–Trinajstić information content (AvgIpc) is 3.43. The van der Waals surface area contributed by atoms with Crippen LogP contribution in [0.1, 0.15) is 36.6 Å². The summed E-state index contributed by atoms with van der Waals surface area (Å²) < 4.78 is 4.06. The molecule has 0 bridgehead atoms. The van der Waals surface area contributed by atoms with Gasteiger partial charge in [0.15, 0.2) is 0 Å². The normalized spacial score (nSPS) is 9.16. The maximum Gasteiger partial charge on any atom is 0.0229 e. The molecule has 2 radical (unpaired) electrons. The van der Waals surface area contributed by atoms with Gasteiger partial charge in [0, 0.05) is 126 Å². The van der Waals surface area contributed by atoms with Gasteiger partial charge in [0.05, 0.1) is 0 Å². The molecular weight excluding hydrogens is 959 g/mol. The van der Waals surface area contributed by atoms with Crippen LogP contribution < -0.4 is 4.57 Å². The number of rotatable bonds is 3. The summed E-state index contributed by atoms with van der Waals surface area (Å²) in [5.41, 5.74) is 4.97. The Labute approximate surface area is 350 Å². The van der Waals surface area contributed by atoms with Crippen LogP contribution in [-0.2, 0) is 25.8 Å². The van der Waals surface area contributed by atoms with Crippen LogP contribution in [0.2, 0.25) is 0 Å². The van der Waals surface area contributed by atoms with Gasteiger partial charge in [0.2, 0.25) is 0 Å². The molecule has 0 aliphatic rings. The molecule has 2 aromatic heterocycles. The Balaban J connectivity index is 0.000000638. The van der Waals surface area contributed by atoms with Gasteiger partial charge < -0.3 is 26.6 Å². The second-order valence-corrected chi connectivity index (χ2v) is 9.45. The number of benzene rings is 4. The van der Waals surface area contributed by atoms with Gasteiger partial charge in [-0.05, 0) is 31.5 Å². The Morgan fingerprint density at radius 2 is 1.07 bits per heavy atom. The Kier molecular flexibility index (Phi) is 22.9. The minimum atomic E-state index is 0. The Hall–Kier alpha value is -1.55. The smallest absolute Gasteiger partial charge is 0.0229 e. The van der Waals surface area contributed by atoms with E-state index in [4.69, 9.17) is 0 Å². The van der Waals surface area contributed by atoms with Crippen molar-refractivity contribution in [3.05, 3.63) is 196 Å². The van der Waals surface area contributed by atoms with Crippen LogP contribution in [-0.4, -0.2) is 4.57 Å². The predicted molar refractivity (Wildman–Crippen MR) is 173 cm³/mol. The number of pyridine rings is 1. The SMILES string of the molecule is [CH2-][n+]1c([N-]c2[c-]ccc[c-]2)ccc2ccn(C(C)C)c21.[CH2-]c1ccccc1.[CH2-]c1ccccc1.[CH2-]c1ccccc1.[Hf].[Pr].[Pr]. The zero-order chi connectivity index (χ0) is 29.5. The fraction of sp³-hybridized carbons (Fsp3) is 0.0789. The van der Waals surface area contributed by atoms with E-state index in [2.05, 4.69) is 82.0 Å². The minimum absolute atomic E-state index is 0. The standard InChI is InChI=1S/C17H16N3.3C7H7.Hf.2Pr/c1-13(2)20-12-11-14-9-10-16(19(3)17(14)20)18-15-7-5-4-6-8-15;3*1-7-5-3-2-4-6-7;;;/h4-6,9-13H,3H2,1-2H3;3*2-6H,1H2;;;/q-3;3*-1;;;. The maximum absolute atomic E-state index is 4.55. The number of hydrogen-bond donors (Lipinski definition) is 0. The first-order valence-corrected chi connectivity index (χ1v) is 13.4. The quantitative estimate of drug-likeness (QED) is 0.0959. The van der Waals surface area contributed by atoms with Crippen molar-refractivity contribution >= 4 is 22.5 Å². The van der Waals surface area contributed by atoms with Crippen molar-refractivity contribution in [2.24, 2.45) is 0 Å². The number of fused-ring (bicyclic) bond motifs is 1. The van der Waals surface area contributed by atoms with E-state index in [0.717, 1.165) is 33.5 Å². The molecule has 44 heavy (non-hydrogen) atoms. The van der Waals surface area contributed by atoms with E-state index in [1.165, 1.54) is 0 Å². The van der Waals surface area contributed by atoms with Crippen molar-refractivity contribution in [1.82, 2.24) is 4.57 Å². The zero-order valence-electron chi connectivity index (χ0n) is 25.6. The molecule has 3 nitrogen and oxygen atoms in total. The summed E-state index contributed by atoms with van der Waals surface area (Å²) in [6.07, 6.45) is 2.08. The van der Waals surface area contributed by atoms with Gasteiger partial charge in [-0.2, -0.15) is 79.5 Å². The molecule has 4 aromatic carbocycles. The number of nitrogens with zero attached hydrogens (tertiary/aromatic N) is 3. The first-order valence-electron chi connectivity index (χ1n) is 13.4. The van der Waals surface area contributed by atoms with Gasteiger partial charge >= 0.3 is 0 Å². The van der Waals surface area contributed by atoms with E-state index in [-0.39, 0.29) is 108 Å². The van der Waals surface area contributed by atoms with Crippen molar-refractivity contribution in [3.63, 3.8) is 0 Å². The van der Waals surface area contributed by atoms with Crippen LogP contribution in [0.15, 0.2) is 134 Å². The van der Waals surface area contributed by atoms with Crippen LogP contribution in [0.25, 0.3) is 16.4 Å². The molecule has 6 heteroatoms. The summed E-state index contributed by atoms with van der Waals surface area (Å²) in [7, 11) is 4.13. The summed E-state index contributed by atoms with van der Waals surface area (Å²) in [5.74, 6) is 0.789. The molecule has 6 rings (SSSR count). The molecule has 0 unspecified atom stereocenters. The zero-order valence-corrected chi connectivity index (χ0v) is 36.6. The summed E-state index contributed by atoms with van der Waals surface area (Å²) in [5, 5.41) is 5.71. The third-order valence-corrected chi connectivity index (χ3v) is 5.81. The van der Waals surface area contributed by atoms with Gasteiger partial charge in [-0.3, -0.25) is 18.2 Å². The Morgan fingerprint density at radius 1 is 0.636 bits per heavy atom. The summed E-state index contributed by atoms with van der Waals surface area (Å²) in [6.45, 7) is 15.5. The third kappa shape index (κ3) is 15.2. The molecule has 0 N–H and O–H groups in total. The number of para-hydroxylation sites is 1. The van der Waals surface area contributed by atoms with Gasteiger partial charge in [-0.1, -0.05) is 30.3 Å². The van der Waals surface area contributed by atoms with Gasteiger partial charge in [0.1, 0.15) is 0 Å². The molecule has 0 atom stereocenters. The minimum Gasteiger partial charge on any atom is -0.453 e. The van der Waals surface area contributed by atoms with Crippen molar-refractivity contribution < 1.29 is 113 Å². The van der Waals surface area contributed by atoms with Crippen LogP contribution in [0, 0.1) is 123 Å². The van der Waals surface area contributed by atoms with Gasteiger partial charge in [-0.15, -0.1) is 43.4 Å². The van der Waals surface area contributed by atoms with Crippen molar-refractivity contribution in [1.29, 1.82) is 0 Å². The van der Waals surface area contributed by atoms with Crippen molar-refractivity contribution in [2.75, 3.05) is 0 Å². The van der Waals surface area contributed by atoms with Crippen LogP contribution in [0.5, 0.6) is 0 Å². The first kappa shape index (κ1) is 42.4. The third-order valence-electron chi connectivity index (χ3n) is 5.81. The Bertz CT molecular complexity index is 1470. The molecule has 220 valence electrons. The van der Waals surface area contributed by atoms with E-state index in [0.29, 0.717) is 11.7 Å². The van der Waals surface area contributed by atoms with Crippen molar-refractivity contribution in [3.8, 4) is 0 Å². The number of aromatic nitrogens is 2. The van der Waals surface area contributed by atoms with E-state index in [1.54, 1.807) is 0 Å². The van der Waals surface area contributed by atoms with E-state index >= 15 is 0 Å². The van der Waals surface area contributed by atoms with E-state index < -0.39 is 0 Å². The molecule has 0 aliphatic heterocycles. The molecule has 0 saturated heterocycles. The van der Waals surface area contributed by atoms with Crippen molar-refractivity contribution in [2.45, 2.75) is 19.9 Å². The molecule has 0 spiro atoms. The molecule has 0 saturated carbocycles. The predicted octanol–water partition coefficient (Wildman–Crippen LogP) is 9.69. The summed E-state index contributed by atoms with van der Waals surface area (Å²) in [4.78, 5) is 0. The summed E-state index contributed by atoms with van der Waals surface area (Å²) in [6, 6.07) is 47.8. The molecule has 2 heterocycles. The molecular formula is C38H37HfN3Pr2-6. The number of hydrogen-bond acceptors (Lipinski definition) is 0. The maximum atomic E-state index is 4.55. The largest absolute Gasteiger partial charge is 0.453 e. The second kappa shape index (κ2) is 23.7. The van der Waals surface area contributed by atoms with Gasteiger partial charge in [0.25, 0.3) is 0 Å². The van der Waals surface area contributed by atoms with Gasteiger partial charge in [-0.25, -0.2) is 0 Å². The first-order chi connectivity index (χ1) is 19.8. The molecule has 0 amide bonds. The monoisotopic (exact) mass is 997 g/mol. The fourth-order valence-electron chi connectivity index (χ4n) is 3.71. The fourth-order valence-corrected chi connectivity index (χ4v) is 3.71. The van der Waals surface area contributed by atoms with E-state index in [1.807, 2.05) is 120 Å². The average molecular weight is 996 g/mol. The van der Waals surface area contributed by atoms with Crippen LogP contribution in [0.4, 0.5) is 11.5 Å². The molecule has 0 fully saturated rings. The molecule has 0 aliphatic carbocycles. The van der Waals surface area contributed by atoms with E-state index in [9.17, 15) is 0 Å². The Morgan fingerprint density at radius 3 is 1.43 bits per heavy atom. The second-order valence-electron chi connectivity index (χ2n) is 9.45. The molecule has 6 aromatic rings. The topological polar surface area (TPSA) is 22.9 Å². The summed E-state index contributed by atoms with van der Waals surface area (Å²) >= 11 is 0.